The van der Waals surface area contributed by atoms with Crippen molar-refractivity contribution in [3.63, 3.8) is 0 Å². The molecule has 2 aliphatic carbocycles. The van der Waals surface area contributed by atoms with Crippen LogP contribution in [0.25, 0.3) is 0 Å². The van der Waals surface area contributed by atoms with E-state index >= 15 is 0 Å². The van der Waals surface area contributed by atoms with Gasteiger partial charge in [-0.3, -0.25) is 10.1 Å². The summed E-state index contributed by atoms with van der Waals surface area (Å²) >= 11 is 1.74. The molecule has 0 amide bonds. The molecular weight excluding hydrogens is 286 g/mol. The van der Waals surface area contributed by atoms with Crippen LogP contribution in [0.4, 0.5) is 0 Å². The van der Waals surface area contributed by atoms with Crippen LogP contribution in [0, 0.1) is 0 Å². The Balaban J connectivity index is 1.70. The minimum absolute atomic E-state index is 0.109. The topological polar surface area (TPSA) is 64.1 Å². The largest absolute Gasteiger partial charge is 0.468 e. The van der Waals surface area contributed by atoms with Crippen LogP contribution in [-0.2, 0) is 9.53 Å². The molecule has 0 radical (unpaired) electrons. The highest BCUT2D eigenvalue weighted by Gasteiger charge is 2.46. The predicted octanol–water partition coefficient (Wildman–Crippen LogP) is 2.18. The molecule has 1 aromatic rings. The van der Waals surface area contributed by atoms with Crippen LogP contribution in [0.15, 0.2) is 23.6 Å². The van der Waals surface area contributed by atoms with E-state index in [0.29, 0.717) is 11.3 Å². The fraction of sp³-hybridized carbons (Fsp3) is 0.667. The van der Waals surface area contributed by atoms with Gasteiger partial charge in [0.1, 0.15) is 11.9 Å². The van der Waals surface area contributed by atoms with Gasteiger partial charge in [-0.2, -0.15) is 0 Å². The zero-order valence-corrected chi connectivity index (χ0v) is 13.1. The van der Waals surface area contributed by atoms with E-state index in [4.69, 9.17) is 4.74 Å². The van der Waals surface area contributed by atoms with Crippen molar-refractivity contribution in [3.8, 4) is 0 Å². The third kappa shape index (κ3) is 3.55. The maximum Gasteiger partial charge on any atom is 0.326 e. The number of aromatic nitrogens is 2. The van der Waals surface area contributed by atoms with Gasteiger partial charge in [-0.1, -0.05) is 0 Å². The quantitative estimate of drug-likeness (QED) is 0.664. The Kier molecular flexibility index (Phi) is 4.45. The highest BCUT2D eigenvalue weighted by molar-refractivity contribution is 7.99. The second-order valence-corrected chi connectivity index (χ2v) is 7.20. The summed E-state index contributed by atoms with van der Waals surface area (Å²) in [6.07, 6.45) is 9.50. The molecule has 1 N–H and O–H groups in total. The number of hydrogen-bond donors (Lipinski definition) is 1. The molecule has 2 fully saturated rings. The van der Waals surface area contributed by atoms with Gasteiger partial charge in [0, 0.05) is 17.5 Å². The number of nitrogens with one attached hydrogen (secondary N) is 1. The van der Waals surface area contributed by atoms with Crippen molar-refractivity contribution in [2.24, 2.45) is 0 Å². The molecule has 1 heterocycles. The molecule has 0 aliphatic heterocycles. The van der Waals surface area contributed by atoms with E-state index < -0.39 is 5.54 Å². The van der Waals surface area contributed by atoms with Crippen LogP contribution in [0.2, 0.25) is 0 Å². The first kappa shape index (κ1) is 14.8. The van der Waals surface area contributed by atoms with Gasteiger partial charge in [0.15, 0.2) is 0 Å². The van der Waals surface area contributed by atoms with Gasteiger partial charge in [-0.25, -0.2) is 9.97 Å². The molecule has 2 atom stereocenters. The van der Waals surface area contributed by atoms with E-state index in [2.05, 4.69) is 15.3 Å². The first-order chi connectivity index (χ1) is 10.2. The van der Waals surface area contributed by atoms with Crippen molar-refractivity contribution in [1.29, 1.82) is 0 Å². The Bertz CT molecular complexity index is 495. The van der Waals surface area contributed by atoms with E-state index in [1.807, 2.05) is 6.07 Å². The minimum atomic E-state index is -0.501. The van der Waals surface area contributed by atoms with Gasteiger partial charge >= 0.3 is 5.97 Å². The summed E-state index contributed by atoms with van der Waals surface area (Å²) in [6.45, 7) is 0. The Morgan fingerprint density at radius 3 is 3.00 bits per heavy atom. The van der Waals surface area contributed by atoms with Crippen molar-refractivity contribution < 1.29 is 9.53 Å². The van der Waals surface area contributed by atoms with Crippen molar-refractivity contribution in [2.45, 2.75) is 60.4 Å². The molecule has 3 rings (SSSR count). The number of rotatable bonds is 5. The summed E-state index contributed by atoms with van der Waals surface area (Å²) in [6, 6.07) is 2.42. The van der Waals surface area contributed by atoms with E-state index in [9.17, 15) is 4.79 Å². The molecule has 114 valence electrons. The Labute approximate surface area is 129 Å². The molecule has 1 aromatic heterocycles. The van der Waals surface area contributed by atoms with Crippen LogP contribution in [-0.4, -0.2) is 39.9 Å². The van der Waals surface area contributed by atoms with Crippen molar-refractivity contribution in [1.82, 2.24) is 15.3 Å². The molecule has 0 aromatic carbocycles. The number of ether oxygens (including phenoxy) is 1. The monoisotopic (exact) mass is 307 g/mol. The van der Waals surface area contributed by atoms with Crippen LogP contribution >= 0.6 is 11.8 Å². The second-order valence-electron chi connectivity index (χ2n) is 5.88. The fourth-order valence-corrected chi connectivity index (χ4v) is 4.27. The molecule has 2 saturated carbocycles. The predicted molar refractivity (Wildman–Crippen MR) is 81.0 cm³/mol. The molecule has 2 aliphatic rings. The van der Waals surface area contributed by atoms with E-state index in [1.165, 1.54) is 20.0 Å². The molecule has 5 nitrogen and oxygen atoms in total. The molecule has 2 unspecified atom stereocenters. The maximum absolute atomic E-state index is 12.3. The Morgan fingerprint density at radius 1 is 1.48 bits per heavy atom. The lowest BCUT2D eigenvalue weighted by Crippen LogP contribution is -2.56. The maximum atomic E-state index is 12.3. The van der Waals surface area contributed by atoms with Crippen LogP contribution in [0.1, 0.15) is 38.5 Å². The van der Waals surface area contributed by atoms with Gasteiger partial charge in [0.2, 0.25) is 0 Å². The summed E-state index contributed by atoms with van der Waals surface area (Å²) in [7, 11) is 1.49. The zero-order valence-electron chi connectivity index (χ0n) is 12.2. The summed E-state index contributed by atoms with van der Waals surface area (Å²) in [5.74, 6) is -0.109. The van der Waals surface area contributed by atoms with E-state index in [-0.39, 0.29) is 5.97 Å². The molecule has 0 saturated heterocycles. The lowest BCUT2D eigenvalue weighted by molar-refractivity contribution is -0.150. The zero-order chi connectivity index (χ0) is 14.7. The average Bonchev–Trinajstić information content (AvgIpc) is 3.31. The number of thioether (sulfide) groups is 1. The van der Waals surface area contributed by atoms with E-state index in [0.717, 1.165) is 30.7 Å². The van der Waals surface area contributed by atoms with Crippen molar-refractivity contribution in [3.05, 3.63) is 18.6 Å². The van der Waals surface area contributed by atoms with Gasteiger partial charge in [-0.05, 0) is 44.6 Å². The van der Waals surface area contributed by atoms with Gasteiger partial charge < -0.3 is 4.74 Å². The molecular formula is C15H21N3O2S. The van der Waals surface area contributed by atoms with Gasteiger partial charge in [0.25, 0.3) is 0 Å². The summed E-state index contributed by atoms with van der Waals surface area (Å²) in [5.41, 5.74) is -0.501. The van der Waals surface area contributed by atoms with Crippen LogP contribution in [0.3, 0.4) is 0 Å². The third-order valence-electron chi connectivity index (χ3n) is 4.18. The number of nitrogens with zero attached hydrogens (tertiary/aromatic N) is 2. The lowest BCUT2D eigenvalue weighted by atomic mass is 9.81. The Morgan fingerprint density at radius 2 is 2.33 bits per heavy atom. The second kappa shape index (κ2) is 6.32. The molecule has 21 heavy (non-hydrogen) atoms. The van der Waals surface area contributed by atoms with Gasteiger partial charge in [-0.15, -0.1) is 11.8 Å². The fourth-order valence-electron chi connectivity index (χ4n) is 3.03. The highest BCUT2D eigenvalue weighted by Crippen LogP contribution is 2.40. The normalized spacial score (nSPS) is 29.1. The smallest absolute Gasteiger partial charge is 0.326 e. The number of hydrogen-bond acceptors (Lipinski definition) is 6. The van der Waals surface area contributed by atoms with Crippen LogP contribution < -0.4 is 5.32 Å². The van der Waals surface area contributed by atoms with E-state index in [1.54, 1.807) is 24.3 Å². The molecule has 0 bridgehead atoms. The van der Waals surface area contributed by atoms with Crippen molar-refractivity contribution in [2.75, 3.05) is 7.11 Å². The number of methoxy groups -OCH3 is 1. The van der Waals surface area contributed by atoms with Crippen molar-refractivity contribution >= 4 is 17.7 Å². The SMILES string of the molecule is COC(=O)C1(NC2CC2)CCCC(Sc2ccncn2)C1. The van der Waals surface area contributed by atoms with Crippen LogP contribution in [0.5, 0.6) is 0 Å². The molecule has 6 heteroatoms. The third-order valence-corrected chi connectivity index (χ3v) is 5.40. The summed E-state index contributed by atoms with van der Waals surface area (Å²) < 4.78 is 5.08. The Hall–Kier alpha value is -1.14. The summed E-state index contributed by atoms with van der Waals surface area (Å²) in [5, 5.41) is 4.91. The number of carbonyl (C=O) groups excluding carboxylic acids is 1. The molecule has 0 spiro atoms. The summed E-state index contributed by atoms with van der Waals surface area (Å²) in [4.78, 5) is 20.5. The number of carbonyl (C=O) groups is 1. The first-order valence-corrected chi connectivity index (χ1v) is 8.38. The minimum Gasteiger partial charge on any atom is -0.468 e. The lowest BCUT2D eigenvalue weighted by Gasteiger charge is -2.39. The standard InChI is InChI=1S/C15H21N3O2S/c1-20-14(19)15(18-11-4-5-11)7-2-3-12(9-15)21-13-6-8-16-10-17-13/h6,8,10-12,18H,2-5,7,9H2,1H3. The van der Waals surface area contributed by atoms with Gasteiger partial charge in [0.05, 0.1) is 12.1 Å². The highest BCUT2D eigenvalue weighted by atomic mass is 32.2. The first-order valence-electron chi connectivity index (χ1n) is 7.51. The average molecular weight is 307 g/mol. The number of esters is 1.